The Labute approximate surface area is 154 Å². The van der Waals surface area contributed by atoms with Gasteiger partial charge in [-0.2, -0.15) is 0 Å². The van der Waals surface area contributed by atoms with Gasteiger partial charge >= 0.3 is 0 Å². The average Bonchev–Trinajstić information content (AvgIpc) is 2.93. The third-order valence-electron chi connectivity index (χ3n) is 3.39. The van der Waals surface area contributed by atoms with E-state index in [1.54, 1.807) is 0 Å². The fourth-order valence-corrected chi connectivity index (χ4v) is 2.95. The Balaban J connectivity index is 0.00000242. The molecule has 2 N–H and O–H groups in total. The molecule has 0 radical (unpaired) electrons. The molecule has 0 aliphatic rings. The van der Waals surface area contributed by atoms with Crippen LogP contribution >= 0.6 is 35.3 Å². The van der Waals surface area contributed by atoms with E-state index in [1.807, 2.05) is 24.5 Å². The number of rotatable bonds is 5. The fraction of sp³-hybridized carbons (Fsp3) is 0.353. The highest BCUT2D eigenvalue weighted by molar-refractivity contribution is 14.0. The van der Waals surface area contributed by atoms with Crippen molar-refractivity contribution in [1.29, 1.82) is 0 Å². The van der Waals surface area contributed by atoms with E-state index in [9.17, 15) is 0 Å². The predicted molar refractivity (Wildman–Crippen MR) is 108 cm³/mol. The number of thiophene rings is 1. The van der Waals surface area contributed by atoms with E-state index in [4.69, 9.17) is 0 Å². The molecule has 5 heteroatoms. The summed E-state index contributed by atoms with van der Waals surface area (Å²) in [5.74, 6) is 1.30. The summed E-state index contributed by atoms with van der Waals surface area (Å²) in [6.45, 7) is 6.03. The quantitative estimate of drug-likeness (QED) is 0.426. The Morgan fingerprint density at radius 2 is 1.86 bits per heavy atom. The van der Waals surface area contributed by atoms with E-state index in [2.05, 4.69) is 65.9 Å². The molecule has 1 aromatic heterocycles. The van der Waals surface area contributed by atoms with Crippen molar-refractivity contribution in [2.75, 3.05) is 13.6 Å². The molecule has 1 aromatic carbocycles. The fourth-order valence-electron chi connectivity index (χ4n) is 2.12. The summed E-state index contributed by atoms with van der Waals surface area (Å²) in [6, 6.07) is 14.8. The van der Waals surface area contributed by atoms with Crippen LogP contribution in [0.3, 0.4) is 0 Å². The van der Waals surface area contributed by atoms with E-state index in [0.717, 1.165) is 19.0 Å². The largest absolute Gasteiger partial charge is 0.356 e. The van der Waals surface area contributed by atoms with E-state index >= 15 is 0 Å². The van der Waals surface area contributed by atoms with Crippen LogP contribution in [-0.4, -0.2) is 19.6 Å². The highest BCUT2D eigenvalue weighted by Gasteiger charge is 2.06. The Kier molecular flexibility index (Phi) is 8.48. The second-order valence-electron chi connectivity index (χ2n) is 5.13. The maximum absolute atomic E-state index is 4.27. The minimum Gasteiger partial charge on any atom is -0.356 e. The number of benzene rings is 1. The molecule has 0 spiro atoms. The van der Waals surface area contributed by atoms with E-state index in [1.165, 1.54) is 15.3 Å². The van der Waals surface area contributed by atoms with Gasteiger partial charge in [0.2, 0.25) is 0 Å². The molecule has 0 fully saturated rings. The second kappa shape index (κ2) is 9.84. The first-order valence-corrected chi connectivity index (χ1v) is 8.05. The van der Waals surface area contributed by atoms with Crippen molar-refractivity contribution < 1.29 is 0 Å². The third-order valence-corrected chi connectivity index (χ3v) is 4.39. The Hall–Kier alpha value is -1.08. The number of hydrogen-bond donors (Lipinski definition) is 2. The summed E-state index contributed by atoms with van der Waals surface area (Å²) in [5, 5.41) is 6.74. The molecule has 0 aliphatic heterocycles. The van der Waals surface area contributed by atoms with Crippen molar-refractivity contribution in [3.63, 3.8) is 0 Å². The molecule has 0 bridgehead atoms. The van der Waals surface area contributed by atoms with Crippen LogP contribution in [0.25, 0.3) is 0 Å². The van der Waals surface area contributed by atoms with Crippen molar-refractivity contribution in [3.05, 3.63) is 57.8 Å². The average molecular weight is 429 g/mol. The van der Waals surface area contributed by atoms with Gasteiger partial charge in [0.1, 0.15) is 0 Å². The van der Waals surface area contributed by atoms with E-state index in [0.29, 0.717) is 5.92 Å². The number of aryl methyl sites for hydroxylation is 1. The second-order valence-corrected chi connectivity index (χ2v) is 6.50. The molecule has 120 valence electrons. The van der Waals surface area contributed by atoms with Gasteiger partial charge in [0.15, 0.2) is 5.96 Å². The predicted octanol–water partition coefficient (Wildman–Crippen LogP) is 4.14. The first-order chi connectivity index (χ1) is 10.2. The van der Waals surface area contributed by atoms with Crippen LogP contribution in [0.2, 0.25) is 0 Å². The maximum Gasteiger partial charge on any atom is 0.191 e. The Morgan fingerprint density at radius 1 is 1.14 bits per heavy atom. The van der Waals surface area contributed by atoms with Gasteiger partial charge in [0.25, 0.3) is 0 Å². The van der Waals surface area contributed by atoms with Crippen LogP contribution in [0.1, 0.15) is 28.2 Å². The van der Waals surface area contributed by atoms with Crippen LogP contribution in [0.5, 0.6) is 0 Å². The first-order valence-electron chi connectivity index (χ1n) is 7.24. The van der Waals surface area contributed by atoms with Gasteiger partial charge in [-0.25, -0.2) is 0 Å². The molecule has 2 rings (SSSR count). The number of hydrogen-bond acceptors (Lipinski definition) is 2. The van der Waals surface area contributed by atoms with Crippen LogP contribution in [0, 0.1) is 6.92 Å². The molecular weight excluding hydrogens is 405 g/mol. The highest BCUT2D eigenvalue weighted by atomic mass is 127. The lowest BCUT2D eigenvalue weighted by Gasteiger charge is -2.16. The minimum atomic E-state index is 0. The molecule has 22 heavy (non-hydrogen) atoms. The molecule has 1 heterocycles. The standard InChI is InChI=1S/C17H23N3S.HI/c1-13(15-7-5-4-6-8-15)11-19-17(18-3)20-12-16-10-9-14(2)21-16;/h4-10,13H,11-12H2,1-3H3,(H2,18,19,20);1H. The first kappa shape index (κ1) is 19.0. The summed E-state index contributed by atoms with van der Waals surface area (Å²) < 4.78 is 0. The summed E-state index contributed by atoms with van der Waals surface area (Å²) >= 11 is 1.82. The Bertz CT molecular complexity index is 581. The Morgan fingerprint density at radius 3 is 2.45 bits per heavy atom. The smallest absolute Gasteiger partial charge is 0.191 e. The minimum absolute atomic E-state index is 0. The lowest BCUT2D eigenvalue weighted by Crippen LogP contribution is -2.38. The van der Waals surface area contributed by atoms with Gasteiger partial charge in [-0.15, -0.1) is 35.3 Å². The zero-order valence-corrected chi connectivity index (χ0v) is 16.4. The zero-order valence-electron chi connectivity index (χ0n) is 13.3. The van der Waals surface area contributed by atoms with Crippen molar-refractivity contribution in [3.8, 4) is 0 Å². The molecule has 0 aliphatic carbocycles. The SMILES string of the molecule is CN=C(NCc1ccc(C)s1)NCC(C)c1ccccc1.I. The van der Waals surface area contributed by atoms with Gasteiger partial charge < -0.3 is 10.6 Å². The lowest BCUT2D eigenvalue weighted by molar-refractivity contribution is 0.700. The highest BCUT2D eigenvalue weighted by Crippen LogP contribution is 2.15. The van der Waals surface area contributed by atoms with Gasteiger partial charge in [-0.1, -0.05) is 37.3 Å². The number of guanidine groups is 1. The third kappa shape index (κ3) is 5.96. The van der Waals surface area contributed by atoms with Crippen molar-refractivity contribution in [2.24, 2.45) is 4.99 Å². The molecule has 2 aromatic rings. The van der Waals surface area contributed by atoms with Gasteiger partial charge in [0, 0.05) is 23.3 Å². The normalized spacial score (nSPS) is 12.4. The van der Waals surface area contributed by atoms with Crippen LogP contribution in [0.15, 0.2) is 47.5 Å². The maximum atomic E-state index is 4.27. The van der Waals surface area contributed by atoms with Crippen molar-refractivity contribution in [2.45, 2.75) is 26.3 Å². The number of halogens is 1. The number of nitrogens with zero attached hydrogens (tertiary/aromatic N) is 1. The molecule has 3 nitrogen and oxygen atoms in total. The molecule has 0 saturated carbocycles. The summed E-state index contributed by atoms with van der Waals surface area (Å²) in [7, 11) is 1.81. The number of nitrogens with one attached hydrogen (secondary N) is 2. The molecule has 0 saturated heterocycles. The van der Waals surface area contributed by atoms with Gasteiger partial charge in [-0.3, -0.25) is 4.99 Å². The van der Waals surface area contributed by atoms with Crippen molar-refractivity contribution >= 4 is 41.3 Å². The molecule has 1 unspecified atom stereocenters. The van der Waals surface area contributed by atoms with Gasteiger partial charge in [-0.05, 0) is 30.5 Å². The van der Waals surface area contributed by atoms with Crippen LogP contribution in [-0.2, 0) is 6.54 Å². The summed E-state index contributed by atoms with van der Waals surface area (Å²) in [4.78, 5) is 6.94. The van der Waals surface area contributed by atoms with E-state index < -0.39 is 0 Å². The lowest BCUT2D eigenvalue weighted by atomic mass is 10.0. The van der Waals surface area contributed by atoms with E-state index in [-0.39, 0.29) is 24.0 Å². The molecule has 0 amide bonds. The monoisotopic (exact) mass is 429 g/mol. The van der Waals surface area contributed by atoms with Crippen molar-refractivity contribution in [1.82, 2.24) is 10.6 Å². The van der Waals surface area contributed by atoms with Gasteiger partial charge in [0.05, 0.1) is 6.54 Å². The van der Waals surface area contributed by atoms with Crippen LogP contribution < -0.4 is 10.6 Å². The zero-order chi connectivity index (χ0) is 15.1. The van der Waals surface area contributed by atoms with Crippen LogP contribution in [0.4, 0.5) is 0 Å². The summed E-state index contributed by atoms with van der Waals surface area (Å²) in [5.41, 5.74) is 1.34. The molecule has 1 atom stereocenters. The molecular formula is C17H24IN3S. The summed E-state index contributed by atoms with van der Waals surface area (Å²) in [6.07, 6.45) is 0. The topological polar surface area (TPSA) is 36.4 Å². The number of aliphatic imine (C=N–C) groups is 1.